The fourth-order valence-corrected chi connectivity index (χ4v) is 3.33. The number of carbonyl (C=O) groups excluding carboxylic acids is 1. The summed E-state index contributed by atoms with van der Waals surface area (Å²) in [5, 5.41) is 0.400. The van der Waals surface area contributed by atoms with Gasteiger partial charge in [0, 0.05) is 11.5 Å². The van der Waals surface area contributed by atoms with Crippen LogP contribution in [0.15, 0.2) is 16.9 Å². The number of aromatic amines is 1. The first-order chi connectivity index (χ1) is 12.5. The van der Waals surface area contributed by atoms with Crippen LogP contribution in [0.5, 0.6) is 11.5 Å². The molecule has 1 heterocycles. The van der Waals surface area contributed by atoms with Crippen LogP contribution in [0.1, 0.15) is 40.2 Å². The lowest BCUT2D eigenvalue weighted by Gasteiger charge is -2.15. The molecule has 0 saturated heterocycles. The summed E-state index contributed by atoms with van der Waals surface area (Å²) in [6, 6.07) is 3.47. The fourth-order valence-electron chi connectivity index (χ4n) is 2.18. The number of hydrogen-bond donors (Lipinski definition) is 1. The second-order valence-corrected chi connectivity index (χ2v) is 8.88. The van der Waals surface area contributed by atoms with Gasteiger partial charge in [-0.2, -0.15) is 0 Å². The third kappa shape index (κ3) is 5.47. The molecule has 0 bridgehead atoms. The van der Waals surface area contributed by atoms with Crippen LogP contribution in [0.3, 0.4) is 0 Å². The lowest BCUT2D eigenvalue weighted by Crippen LogP contribution is -2.22. The Labute approximate surface area is 167 Å². The van der Waals surface area contributed by atoms with Crippen LogP contribution in [0, 0.1) is 5.41 Å². The van der Waals surface area contributed by atoms with Gasteiger partial charge >= 0.3 is 0 Å². The first kappa shape index (κ1) is 21.3. The highest BCUT2D eigenvalue weighted by molar-refractivity contribution is 7.07. The second-order valence-electron chi connectivity index (χ2n) is 7.39. The maximum Gasteiger partial charge on any atom is 0.266 e. The number of Topliss-reactive ketones (excluding diaryl/α,β-unsaturated/α-hetero) is 1. The minimum absolute atomic E-state index is 0.0496. The topological polar surface area (TPSA) is 68.4 Å². The van der Waals surface area contributed by atoms with Gasteiger partial charge in [0.2, 0.25) is 0 Å². The number of rotatable bonds is 5. The molecule has 1 aromatic heterocycles. The lowest BCUT2D eigenvalue weighted by molar-refractivity contribution is -0.119. The van der Waals surface area contributed by atoms with E-state index in [4.69, 9.17) is 21.1 Å². The van der Waals surface area contributed by atoms with Crippen molar-refractivity contribution in [1.29, 1.82) is 0 Å². The average molecular weight is 410 g/mol. The van der Waals surface area contributed by atoms with E-state index >= 15 is 0 Å². The van der Waals surface area contributed by atoms with E-state index in [0.29, 0.717) is 31.3 Å². The Kier molecular flexibility index (Phi) is 6.54. The number of hydrogen-bond acceptors (Lipinski definition) is 5. The van der Waals surface area contributed by atoms with Crippen LogP contribution in [0.2, 0.25) is 5.02 Å². The lowest BCUT2D eigenvalue weighted by atomic mass is 9.91. The maximum atomic E-state index is 12.2. The zero-order chi connectivity index (χ0) is 20.4. The molecule has 0 aliphatic heterocycles. The summed E-state index contributed by atoms with van der Waals surface area (Å²) in [5.41, 5.74) is -0.0581. The highest BCUT2D eigenvalue weighted by Crippen LogP contribution is 2.37. The van der Waals surface area contributed by atoms with Gasteiger partial charge in [-0.05, 0) is 37.6 Å². The molecule has 5 nitrogen and oxygen atoms in total. The van der Waals surface area contributed by atoms with Crippen LogP contribution < -0.4 is 24.2 Å². The first-order valence-corrected chi connectivity index (χ1v) is 9.72. The molecule has 2 rings (SSSR count). The Morgan fingerprint density at radius 1 is 1.30 bits per heavy atom. The third-order valence-electron chi connectivity index (χ3n) is 3.58. The smallest absolute Gasteiger partial charge is 0.266 e. The van der Waals surface area contributed by atoms with Gasteiger partial charge in [0.1, 0.15) is 0 Å². The number of ether oxygens (including phenoxy) is 2. The minimum atomic E-state index is -0.502. The van der Waals surface area contributed by atoms with Crippen molar-refractivity contribution >= 4 is 40.9 Å². The summed E-state index contributed by atoms with van der Waals surface area (Å²) in [5.74, 6) is 0.910. The Bertz CT molecular complexity index is 1010. The highest BCUT2D eigenvalue weighted by Gasteiger charge is 2.18. The quantitative estimate of drug-likeness (QED) is 0.823. The van der Waals surface area contributed by atoms with E-state index in [9.17, 15) is 9.59 Å². The second kappa shape index (κ2) is 8.31. The molecule has 0 aliphatic carbocycles. The largest absolute Gasteiger partial charge is 0.493 e. The number of H-pyrrole nitrogens is 1. The molecule has 146 valence electrons. The van der Waals surface area contributed by atoms with Crippen LogP contribution in [0.4, 0.5) is 0 Å². The van der Waals surface area contributed by atoms with Gasteiger partial charge in [0.05, 0.1) is 27.4 Å². The molecule has 27 heavy (non-hydrogen) atoms. The van der Waals surface area contributed by atoms with Gasteiger partial charge in [-0.1, -0.05) is 32.4 Å². The number of thiazole rings is 1. The predicted octanol–water partition coefficient (Wildman–Crippen LogP) is 3.11. The number of aromatic nitrogens is 1. The molecule has 0 amide bonds. The van der Waals surface area contributed by atoms with Gasteiger partial charge in [-0.15, -0.1) is 11.3 Å². The van der Waals surface area contributed by atoms with Gasteiger partial charge in [0.25, 0.3) is 5.56 Å². The van der Waals surface area contributed by atoms with E-state index in [0.717, 1.165) is 0 Å². The normalized spacial score (nSPS) is 13.3. The van der Waals surface area contributed by atoms with E-state index in [1.807, 2.05) is 34.6 Å². The van der Waals surface area contributed by atoms with Crippen molar-refractivity contribution in [3.05, 3.63) is 42.3 Å². The van der Waals surface area contributed by atoms with Gasteiger partial charge < -0.3 is 14.5 Å². The van der Waals surface area contributed by atoms with E-state index in [1.54, 1.807) is 18.2 Å². The van der Waals surface area contributed by atoms with Crippen molar-refractivity contribution < 1.29 is 14.3 Å². The zero-order valence-electron chi connectivity index (χ0n) is 16.3. The zero-order valence-corrected chi connectivity index (χ0v) is 17.9. The van der Waals surface area contributed by atoms with Gasteiger partial charge in [-0.3, -0.25) is 9.59 Å². The Morgan fingerprint density at radius 3 is 2.52 bits per heavy atom. The number of benzene rings is 1. The Hall–Kier alpha value is -2.05. The molecular formula is C20H24ClNO4S. The Balaban J connectivity index is 2.51. The molecular weight excluding hydrogens is 386 g/mol. The average Bonchev–Trinajstić information content (AvgIpc) is 2.87. The van der Waals surface area contributed by atoms with E-state index < -0.39 is 5.41 Å². The predicted molar refractivity (Wildman–Crippen MR) is 110 cm³/mol. The standard InChI is InChI=1S/C20H24ClNO4S/c1-11(2)26-18-13(21)7-12(8-14(18)25-6)9-15-19(24)22-17(27-15)10-16(23)20(3,4)5/h7-11H,1-6H3,(H,22,24). The summed E-state index contributed by atoms with van der Waals surface area (Å²) in [6.45, 7) is 9.30. The van der Waals surface area contributed by atoms with Crippen molar-refractivity contribution in [1.82, 2.24) is 4.98 Å². The first-order valence-electron chi connectivity index (χ1n) is 8.52. The summed E-state index contributed by atoms with van der Waals surface area (Å²) in [6.07, 6.45) is 3.12. The summed E-state index contributed by atoms with van der Waals surface area (Å²) in [7, 11) is 1.53. The molecule has 0 fully saturated rings. The summed E-state index contributed by atoms with van der Waals surface area (Å²) >= 11 is 7.55. The molecule has 0 spiro atoms. The summed E-state index contributed by atoms with van der Waals surface area (Å²) in [4.78, 5) is 27.1. The molecule has 0 unspecified atom stereocenters. The van der Waals surface area contributed by atoms with Crippen LogP contribution in [0.25, 0.3) is 12.2 Å². The van der Waals surface area contributed by atoms with Crippen molar-refractivity contribution in [2.24, 2.45) is 5.41 Å². The monoisotopic (exact) mass is 409 g/mol. The molecule has 0 aliphatic rings. The molecule has 0 atom stereocenters. The molecule has 1 N–H and O–H groups in total. The molecule has 0 radical (unpaired) electrons. The Morgan fingerprint density at radius 2 is 1.96 bits per heavy atom. The number of ketones is 1. The maximum absolute atomic E-state index is 12.2. The summed E-state index contributed by atoms with van der Waals surface area (Å²) < 4.78 is 12.1. The van der Waals surface area contributed by atoms with Gasteiger partial charge in [-0.25, -0.2) is 0 Å². The fraction of sp³-hybridized carbons (Fsp3) is 0.400. The third-order valence-corrected chi connectivity index (χ3v) is 4.83. The van der Waals surface area contributed by atoms with Crippen molar-refractivity contribution in [2.45, 2.75) is 40.7 Å². The van der Waals surface area contributed by atoms with Gasteiger partial charge in [0.15, 0.2) is 17.3 Å². The molecule has 1 aromatic carbocycles. The van der Waals surface area contributed by atoms with Crippen LogP contribution in [-0.4, -0.2) is 24.0 Å². The molecule has 0 saturated carbocycles. The van der Waals surface area contributed by atoms with Crippen molar-refractivity contribution in [2.75, 3.05) is 7.11 Å². The number of halogens is 1. The van der Waals surface area contributed by atoms with Crippen molar-refractivity contribution in [3.63, 3.8) is 0 Å². The van der Waals surface area contributed by atoms with E-state index in [-0.39, 0.29) is 17.4 Å². The number of carbonyl (C=O) groups is 1. The van der Waals surface area contributed by atoms with Crippen LogP contribution in [-0.2, 0) is 4.79 Å². The highest BCUT2D eigenvalue weighted by atomic mass is 35.5. The van der Waals surface area contributed by atoms with Crippen molar-refractivity contribution in [3.8, 4) is 11.5 Å². The molecule has 2 aromatic rings. The number of methoxy groups -OCH3 is 1. The number of nitrogens with one attached hydrogen (secondary N) is 1. The molecule has 7 heteroatoms. The van der Waals surface area contributed by atoms with E-state index in [1.165, 1.54) is 24.5 Å². The SMILES string of the molecule is COc1cc(C=c2sc(=CC(=O)C(C)(C)C)[nH]c2=O)cc(Cl)c1OC(C)C. The van der Waals surface area contributed by atoms with Crippen LogP contribution >= 0.6 is 22.9 Å². The van der Waals surface area contributed by atoms with E-state index in [2.05, 4.69) is 4.98 Å². The minimum Gasteiger partial charge on any atom is -0.493 e.